The van der Waals surface area contributed by atoms with Crippen LogP contribution in [0.15, 0.2) is 18.2 Å². The molecule has 0 unspecified atom stereocenters. The van der Waals surface area contributed by atoms with Gasteiger partial charge in [-0.3, -0.25) is 4.98 Å². The second-order valence-electron chi connectivity index (χ2n) is 3.98. The molecule has 0 amide bonds. The smallest absolute Gasteiger partial charge is 0.0739 e. The zero-order valence-corrected chi connectivity index (χ0v) is 11.2. The van der Waals surface area contributed by atoms with Crippen molar-refractivity contribution in [3.05, 3.63) is 40.6 Å². The fourth-order valence-electron chi connectivity index (χ4n) is 1.86. The quantitative estimate of drug-likeness (QED) is 0.630. The third-order valence-electron chi connectivity index (χ3n) is 2.84. The van der Waals surface area contributed by atoms with Crippen LogP contribution >= 0.6 is 0 Å². The number of benzene rings is 1. The standard InChI is InChI=1S/C13H15N.C2H6/c1-8-5-6-12-9(2)7-10(3)14-13(12)11(8)4;1-2/h5-7H,1-4H3;1-2H3. The highest BCUT2D eigenvalue weighted by Gasteiger charge is 2.04. The number of pyridine rings is 1. The van der Waals surface area contributed by atoms with E-state index in [0.29, 0.717) is 0 Å². The Hall–Kier alpha value is -1.37. The molecule has 0 aliphatic heterocycles. The van der Waals surface area contributed by atoms with Crippen molar-refractivity contribution in [2.75, 3.05) is 0 Å². The first-order valence-corrected chi connectivity index (χ1v) is 5.94. The monoisotopic (exact) mass is 215 g/mol. The maximum atomic E-state index is 4.60. The lowest BCUT2D eigenvalue weighted by molar-refractivity contribution is 1.21. The summed E-state index contributed by atoms with van der Waals surface area (Å²) in [6, 6.07) is 6.47. The molecular formula is C15H21N. The SMILES string of the molecule is CC.Cc1cc(C)c2ccc(C)c(C)c2n1. The van der Waals surface area contributed by atoms with Crippen LogP contribution in [0, 0.1) is 27.7 Å². The van der Waals surface area contributed by atoms with E-state index in [9.17, 15) is 0 Å². The van der Waals surface area contributed by atoms with Crippen molar-refractivity contribution in [3.63, 3.8) is 0 Å². The summed E-state index contributed by atoms with van der Waals surface area (Å²) in [6.07, 6.45) is 0. The van der Waals surface area contributed by atoms with Crippen molar-refractivity contribution in [3.8, 4) is 0 Å². The number of nitrogens with zero attached hydrogens (tertiary/aromatic N) is 1. The summed E-state index contributed by atoms with van der Waals surface area (Å²) in [5.41, 5.74) is 6.19. The molecule has 1 aromatic carbocycles. The van der Waals surface area contributed by atoms with Crippen LogP contribution in [0.4, 0.5) is 0 Å². The summed E-state index contributed by atoms with van der Waals surface area (Å²) in [4.78, 5) is 4.60. The van der Waals surface area contributed by atoms with Gasteiger partial charge in [0.25, 0.3) is 0 Å². The Labute approximate surface area is 98.5 Å². The number of hydrogen-bond acceptors (Lipinski definition) is 1. The normalized spacial score (nSPS) is 9.88. The van der Waals surface area contributed by atoms with E-state index in [-0.39, 0.29) is 0 Å². The van der Waals surface area contributed by atoms with Gasteiger partial charge in [-0.05, 0) is 50.5 Å². The van der Waals surface area contributed by atoms with Crippen molar-refractivity contribution in [2.45, 2.75) is 41.5 Å². The number of aryl methyl sites for hydroxylation is 4. The largest absolute Gasteiger partial charge is 0.253 e. The van der Waals surface area contributed by atoms with E-state index in [1.165, 1.54) is 22.1 Å². The Bertz CT molecular complexity index is 498. The molecule has 0 aliphatic carbocycles. The van der Waals surface area contributed by atoms with Crippen LogP contribution in [0.25, 0.3) is 10.9 Å². The van der Waals surface area contributed by atoms with Crippen LogP contribution in [-0.4, -0.2) is 4.98 Å². The van der Waals surface area contributed by atoms with Crippen molar-refractivity contribution < 1.29 is 0 Å². The Balaban J connectivity index is 0.000000606. The fraction of sp³-hybridized carbons (Fsp3) is 0.400. The Morgan fingerprint density at radius 1 is 0.875 bits per heavy atom. The lowest BCUT2D eigenvalue weighted by Gasteiger charge is -2.08. The van der Waals surface area contributed by atoms with Crippen molar-refractivity contribution >= 4 is 10.9 Å². The van der Waals surface area contributed by atoms with E-state index in [1.807, 2.05) is 20.8 Å². The molecule has 1 heterocycles. The highest BCUT2D eigenvalue weighted by Crippen LogP contribution is 2.22. The van der Waals surface area contributed by atoms with Crippen LogP contribution in [0.2, 0.25) is 0 Å². The summed E-state index contributed by atoms with van der Waals surface area (Å²) in [5.74, 6) is 0. The highest BCUT2D eigenvalue weighted by atomic mass is 14.7. The van der Waals surface area contributed by atoms with Gasteiger partial charge in [-0.1, -0.05) is 26.0 Å². The molecule has 0 spiro atoms. The van der Waals surface area contributed by atoms with E-state index in [0.717, 1.165) is 11.2 Å². The summed E-state index contributed by atoms with van der Waals surface area (Å²) < 4.78 is 0. The van der Waals surface area contributed by atoms with Gasteiger partial charge in [0.05, 0.1) is 5.52 Å². The topological polar surface area (TPSA) is 12.9 Å². The van der Waals surface area contributed by atoms with E-state index in [2.05, 4.69) is 44.0 Å². The molecule has 16 heavy (non-hydrogen) atoms. The van der Waals surface area contributed by atoms with Gasteiger partial charge in [0.1, 0.15) is 0 Å². The van der Waals surface area contributed by atoms with Crippen LogP contribution < -0.4 is 0 Å². The zero-order chi connectivity index (χ0) is 12.3. The second-order valence-corrected chi connectivity index (χ2v) is 3.98. The molecule has 2 aromatic rings. The van der Waals surface area contributed by atoms with Crippen molar-refractivity contribution in [1.82, 2.24) is 4.98 Å². The summed E-state index contributed by atoms with van der Waals surface area (Å²) >= 11 is 0. The number of hydrogen-bond donors (Lipinski definition) is 0. The maximum absolute atomic E-state index is 4.60. The van der Waals surface area contributed by atoms with Crippen molar-refractivity contribution in [1.29, 1.82) is 0 Å². The van der Waals surface area contributed by atoms with Crippen LogP contribution in [0.5, 0.6) is 0 Å². The van der Waals surface area contributed by atoms with Gasteiger partial charge in [-0.15, -0.1) is 0 Å². The van der Waals surface area contributed by atoms with Gasteiger partial charge in [-0.25, -0.2) is 0 Å². The summed E-state index contributed by atoms with van der Waals surface area (Å²) in [5, 5.41) is 1.28. The molecule has 0 radical (unpaired) electrons. The first kappa shape index (κ1) is 12.7. The summed E-state index contributed by atoms with van der Waals surface area (Å²) in [7, 11) is 0. The van der Waals surface area contributed by atoms with E-state index in [4.69, 9.17) is 0 Å². The van der Waals surface area contributed by atoms with Crippen LogP contribution in [0.3, 0.4) is 0 Å². The Morgan fingerprint density at radius 2 is 1.50 bits per heavy atom. The molecule has 1 heteroatoms. The Morgan fingerprint density at radius 3 is 2.12 bits per heavy atom. The van der Waals surface area contributed by atoms with Gasteiger partial charge in [0.15, 0.2) is 0 Å². The third kappa shape index (κ3) is 2.24. The van der Waals surface area contributed by atoms with Gasteiger partial charge >= 0.3 is 0 Å². The van der Waals surface area contributed by atoms with Crippen molar-refractivity contribution in [2.24, 2.45) is 0 Å². The van der Waals surface area contributed by atoms with Gasteiger partial charge in [0, 0.05) is 11.1 Å². The van der Waals surface area contributed by atoms with Gasteiger partial charge in [-0.2, -0.15) is 0 Å². The molecule has 0 aliphatic rings. The molecule has 2 rings (SSSR count). The minimum absolute atomic E-state index is 1.10. The Kier molecular flexibility index (Phi) is 4.05. The van der Waals surface area contributed by atoms with Gasteiger partial charge < -0.3 is 0 Å². The number of aromatic nitrogens is 1. The molecular weight excluding hydrogens is 194 g/mol. The number of fused-ring (bicyclic) bond motifs is 1. The molecule has 0 saturated carbocycles. The molecule has 0 atom stereocenters. The first-order chi connectivity index (χ1) is 7.59. The third-order valence-corrected chi connectivity index (χ3v) is 2.84. The fourth-order valence-corrected chi connectivity index (χ4v) is 1.86. The average Bonchev–Trinajstić information content (AvgIpc) is 2.27. The molecule has 0 fully saturated rings. The predicted octanol–water partition coefficient (Wildman–Crippen LogP) is 4.49. The second kappa shape index (κ2) is 5.11. The van der Waals surface area contributed by atoms with E-state index in [1.54, 1.807) is 0 Å². The summed E-state index contributed by atoms with van der Waals surface area (Å²) in [6.45, 7) is 12.5. The molecule has 1 aromatic heterocycles. The van der Waals surface area contributed by atoms with Gasteiger partial charge in [0.2, 0.25) is 0 Å². The molecule has 0 bridgehead atoms. The maximum Gasteiger partial charge on any atom is 0.0739 e. The molecule has 86 valence electrons. The predicted molar refractivity (Wildman–Crippen MR) is 72.0 cm³/mol. The molecule has 0 N–H and O–H groups in total. The highest BCUT2D eigenvalue weighted by molar-refractivity contribution is 5.85. The lowest BCUT2D eigenvalue weighted by Crippen LogP contribution is -1.92. The van der Waals surface area contributed by atoms with E-state index >= 15 is 0 Å². The minimum Gasteiger partial charge on any atom is -0.253 e. The molecule has 0 saturated heterocycles. The first-order valence-electron chi connectivity index (χ1n) is 5.94. The average molecular weight is 215 g/mol. The minimum atomic E-state index is 1.10. The zero-order valence-electron chi connectivity index (χ0n) is 11.2. The van der Waals surface area contributed by atoms with Crippen LogP contribution in [-0.2, 0) is 0 Å². The lowest BCUT2D eigenvalue weighted by atomic mass is 10.0. The molecule has 1 nitrogen and oxygen atoms in total. The van der Waals surface area contributed by atoms with Crippen LogP contribution in [0.1, 0.15) is 36.2 Å². The number of rotatable bonds is 0. The van der Waals surface area contributed by atoms with E-state index < -0.39 is 0 Å².